The van der Waals surface area contributed by atoms with Crippen LogP contribution >= 0.6 is 11.6 Å². The van der Waals surface area contributed by atoms with E-state index in [2.05, 4.69) is 27.4 Å². The zero-order chi connectivity index (χ0) is 18.8. The summed E-state index contributed by atoms with van der Waals surface area (Å²) in [5, 5.41) is 8.30. The van der Waals surface area contributed by atoms with Gasteiger partial charge in [-0.15, -0.1) is 0 Å². The van der Waals surface area contributed by atoms with E-state index in [4.69, 9.17) is 16.1 Å². The first-order valence-corrected chi connectivity index (χ1v) is 9.24. The van der Waals surface area contributed by atoms with Crippen LogP contribution in [-0.2, 0) is 13.0 Å². The average Bonchev–Trinajstić information content (AvgIpc) is 3.11. The summed E-state index contributed by atoms with van der Waals surface area (Å²) in [6.45, 7) is 4.62. The third kappa shape index (κ3) is 3.51. The molecule has 0 bridgehead atoms. The van der Waals surface area contributed by atoms with Crippen LogP contribution in [-0.4, -0.2) is 15.1 Å². The number of hydrogen-bond acceptors (Lipinski definition) is 5. The van der Waals surface area contributed by atoms with Crippen LogP contribution in [0.5, 0.6) is 0 Å². The highest BCUT2D eigenvalue weighted by molar-refractivity contribution is 6.31. The standard InChI is InChI=1S/C21H19ClN4O/c1-3-17-24-19-18(14-10-8-13(2)9-11-14)26-27-20(19)21(25-17)23-12-15-6-4-5-7-16(15)22/h4-11H,3,12H2,1-2H3,(H,23,24,25). The smallest absolute Gasteiger partial charge is 0.228 e. The van der Waals surface area contributed by atoms with Gasteiger partial charge in [-0.3, -0.25) is 0 Å². The highest BCUT2D eigenvalue weighted by Crippen LogP contribution is 2.31. The minimum atomic E-state index is 0.537. The summed E-state index contributed by atoms with van der Waals surface area (Å²) in [6.07, 6.45) is 0.717. The van der Waals surface area contributed by atoms with E-state index in [0.29, 0.717) is 28.5 Å². The van der Waals surface area contributed by atoms with E-state index in [1.807, 2.05) is 55.5 Å². The largest absolute Gasteiger partial charge is 0.363 e. The van der Waals surface area contributed by atoms with E-state index < -0.39 is 0 Å². The Morgan fingerprint density at radius 2 is 1.81 bits per heavy atom. The molecule has 4 aromatic rings. The van der Waals surface area contributed by atoms with Crippen LogP contribution in [0.15, 0.2) is 53.1 Å². The Bertz CT molecular complexity index is 1090. The van der Waals surface area contributed by atoms with E-state index in [1.54, 1.807) is 0 Å². The van der Waals surface area contributed by atoms with Crippen LogP contribution in [0, 0.1) is 6.92 Å². The molecule has 2 aromatic heterocycles. The fourth-order valence-electron chi connectivity index (χ4n) is 2.88. The van der Waals surface area contributed by atoms with E-state index in [0.717, 1.165) is 29.1 Å². The summed E-state index contributed by atoms with van der Waals surface area (Å²) >= 11 is 6.26. The SMILES string of the molecule is CCc1nc(NCc2ccccc2Cl)c2onc(-c3ccc(C)cc3)c2n1. The van der Waals surface area contributed by atoms with Crippen molar-refractivity contribution in [3.8, 4) is 11.3 Å². The van der Waals surface area contributed by atoms with Gasteiger partial charge in [0.2, 0.25) is 5.58 Å². The Hall–Kier alpha value is -2.92. The number of nitrogens with one attached hydrogen (secondary N) is 1. The molecular formula is C21H19ClN4O. The van der Waals surface area contributed by atoms with Crippen molar-refractivity contribution in [2.24, 2.45) is 0 Å². The lowest BCUT2D eigenvalue weighted by Gasteiger charge is -2.08. The van der Waals surface area contributed by atoms with E-state index in [9.17, 15) is 0 Å². The number of hydrogen-bond donors (Lipinski definition) is 1. The predicted molar refractivity (Wildman–Crippen MR) is 108 cm³/mol. The van der Waals surface area contributed by atoms with E-state index in [-0.39, 0.29) is 0 Å². The van der Waals surface area contributed by atoms with Crippen molar-refractivity contribution >= 4 is 28.5 Å². The first-order valence-electron chi connectivity index (χ1n) is 8.86. The molecule has 0 amide bonds. The Balaban J connectivity index is 1.74. The lowest BCUT2D eigenvalue weighted by Crippen LogP contribution is -2.05. The van der Waals surface area contributed by atoms with Crippen LogP contribution in [0.4, 0.5) is 5.82 Å². The first-order chi connectivity index (χ1) is 13.2. The molecule has 0 atom stereocenters. The highest BCUT2D eigenvalue weighted by Gasteiger charge is 2.18. The van der Waals surface area contributed by atoms with Crippen molar-refractivity contribution in [1.29, 1.82) is 0 Å². The van der Waals surface area contributed by atoms with Gasteiger partial charge in [0, 0.05) is 23.6 Å². The molecule has 0 aliphatic rings. The van der Waals surface area contributed by atoms with Gasteiger partial charge in [-0.1, -0.05) is 71.7 Å². The number of aromatic nitrogens is 3. The Morgan fingerprint density at radius 1 is 1.04 bits per heavy atom. The zero-order valence-electron chi connectivity index (χ0n) is 15.2. The van der Waals surface area contributed by atoms with Crippen molar-refractivity contribution in [1.82, 2.24) is 15.1 Å². The van der Waals surface area contributed by atoms with Crippen molar-refractivity contribution in [3.05, 3.63) is 70.5 Å². The van der Waals surface area contributed by atoms with Gasteiger partial charge in [0.25, 0.3) is 0 Å². The van der Waals surface area contributed by atoms with Crippen molar-refractivity contribution in [2.45, 2.75) is 26.8 Å². The number of nitrogens with zero attached hydrogens (tertiary/aromatic N) is 3. The van der Waals surface area contributed by atoms with Crippen molar-refractivity contribution < 1.29 is 4.52 Å². The summed E-state index contributed by atoms with van der Waals surface area (Å²) in [6, 6.07) is 15.9. The van der Waals surface area contributed by atoms with Gasteiger partial charge in [-0.05, 0) is 18.6 Å². The van der Waals surface area contributed by atoms with Crippen LogP contribution < -0.4 is 5.32 Å². The molecule has 2 aromatic carbocycles. The average molecular weight is 379 g/mol. The fraction of sp³-hybridized carbons (Fsp3) is 0.190. The summed E-state index contributed by atoms with van der Waals surface area (Å²) in [5.74, 6) is 1.36. The van der Waals surface area contributed by atoms with Crippen LogP contribution in [0.2, 0.25) is 5.02 Å². The topological polar surface area (TPSA) is 63.8 Å². The second-order valence-electron chi connectivity index (χ2n) is 6.36. The molecule has 6 heteroatoms. The van der Waals surface area contributed by atoms with E-state index in [1.165, 1.54) is 5.56 Å². The molecule has 0 spiro atoms. The van der Waals surface area contributed by atoms with Crippen LogP contribution in [0.3, 0.4) is 0 Å². The molecule has 0 fully saturated rings. The maximum atomic E-state index is 6.26. The molecule has 0 saturated carbocycles. The van der Waals surface area contributed by atoms with Gasteiger partial charge in [0.15, 0.2) is 5.82 Å². The molecule has 5 nitrogen and oxygen atoms in total. The van der Waals surface area contributed by atoms with Crippen molar-refractivity contribution in [2.75, 3.05) is 5.32 Å². The molecule has 27 heavy (non-hydrogen) atoms. The molecule has 2 heterocycles. The Morgan fingerprint density at radius 3 is 2.56 bits per heavy atom. The Labute approximate surface area is 162 Å². The second kappa shape index (κ2) is 7.37. The normalized spacial score (nSPS) is 11.1. The first kappa shape index (κ1) is 17.5. The maximum absolute atomic E-state index is 6.26. The third-order valence-electron chi connectivity index (χ3n) is 4.41. The monoisotopic (exact) mass is 378 g/mol. The summed E-state index contributed by atoms with van der Waals surface area (Å²) in [7, 11) is 0. The Kier molecular flexibility index (Phi) is 4.77. The molecule has 0 radical (unpaired) electrons. The van der Waals surface area contributed by atoms with Crippen LogP contribution in [0.1, 0.15) is 23.9 Å². The third-order valence-corrected chi connectivity index (χ3v) is 4.78. The molecule has 4 rings (SSSR count). The minimum Gasteiger partial charge on any atom is -0.363 e. The second-order valence-corrected chi connectivity index (χ2v) is 6.77. The summed E-state index contributed by atoms with van der Waals surface area (Å²) in [5.41, 5.74) is 5.14. The number of benzene rings is 2. The summed E-state index contributed by atoms with van der Waals surface area (Å²) < 4.78 is 5.61. The predicted octanol–water partition coefficient (Wildman–Crippen LogP) is 5.42. The quantitative estimate of drug-likeness (QED) is 0.502. The molecule has 0 aliphatic heterocycles. The lowest BCUT2D eigenvalue weighted by atomic mass is 10.1. The maximum Gasteiger partial charge on any atom is 0.228 e. The molecule has 0 unspecified atom stereocenters. The number of fused-ring (bicyclic) bond motifs is 1. The molecule has 0 aliphatic carbocycles. The molecule has 0 saturated heterocycles. The minimum absolute atomic E-state index is 0.537. The van der Waals surface area contributed by atoms with Gasteiger partial charge in [0.1, 0.15) is 17.0 Å². The van der Waals surface area contributed by atoms with Crippen molar-refractivity contribution in [3.63, 3.8) is 0 Å². The van der Waals surface area contributed by atoms with E-state index >= 15 is 0 Å². The zero-order valence-corrected chi connectivity index (χ0v) is 15.9. The van der Waals surface area contributed by atoms with Gasteiger partial charge >= 0.3 is 0 Å². The van der Waals surface area contributed by atoms with Crippen LogP contribution in [0.25, 0.3) is 22.4 Å². The summed E-state index contributed by atoms with van der Waals surface area (Å²) in [4.78, 5) is 9.24. The number of rotatable bonds is 5. The molecular weight excluding hydrogens is 360 g/mol. The highest BCUT2D eigenvalue weighted by atomic mass is 35.5. The van der Waals surface area contributed by atoms with Gasteiger partial charge in [-0.25, -0.2) is 9.97 Å². The number of aryl methyl sites for hydroxylation is 2. The lowest BCUT2D eigenvalue weighted by molar-refractivity contribution is 0.459. The number of anilines is 1. The number of halogens is 1. The van der Waals surface area contributed by atoms with Gasteiger partial charge < -0.3 is 9.84 Å². The van der Waals surface area contributed by atoms with Gasteiger partial charge in [-0.2, -0.15) is 0 Å². The molecule has 136 valence electrons. The fourth-order valence-corrected chi connectivity index (χ4v) is 3.08. The molecule has 1 N–H and O–H groups in total. The van der Waals surface area contributed by atoms with Gasteiger partial charge in [0.05, 0.1) is 0 Å².